The van der Waals surface area contributed by atoms with Crippen molar-refractivity contribution in [3.8, 4) is 0 Å². The van der Waals surface area contributed by atoms with E-state index < -0.39 is 10.0 Å². The van der Waals surface area contributed by atoms with E-state index in [1.54, 1.807) is 0 Å². The fourth-order valence-corrected chi connectivity index (χ4v) is 4.52. The molecule has 1 fully saturated rings. The molecule has 0 saturated carbocycles. The summed E-state index contributed by atoms with van der Waals surface area (Å²) < 4.78 is 28.9. The summed E-state index contributed by atoms with van der Waals surface area (Å²) in [6.07, 6.45) is 4.58. The molecular weight excluding hydrogens is 300 g/mol. The first-order chi connectivity index (χ1) is 10.5. The molecule has 6 nitrogen and oxygen atoms in total. The number of hydrogen-bond acceptors (Lipinski definition) is 4. The number of nitrogens with zero attached hydrogens (tertiary/aromatic N) is 3. The molecular formula is C15H22N4O2S. The van der Waals surface area contributed by atoms with Crippen molar-refractivity contribution in [2.75, 3.05) is 19.6 Å². The Morgan fingerprint density at radius 2 is 2.27 bits per heavy atom. The number of likely N-dealkylation sites (tertiary alicyclic amines) is 1. The van der Waals surface area contributed by atoms with Crippen molar-refractivity contribution in [1.82, 2.24) is 19.0 Å². The van der Waals surface area contributed by atoms with Crippen molar-refractivity contribution >= 4 is 15.7 Å². The van der Waals surface area contributed by atoms with E-state index in [0.29, 0.717) is 19.5 Å². The van der Waals surface area contributed by atoms with Crippen LogP contribution in [0.3, 0.4) is 0 Å². The second-order valence-electron chi connectivity index (χ2n) is 5.82. The fourth-order valence-electron chi connectivity index (χ4n) is 3.06. The third-order valence-electron chi connectivity index (χ3n) is 4.21. The number of hydrogen-bond donors (Lipinski definition) is 1. The molecule has 0 bridgehead atoms. The molecule has 2 aromatic heterocycles. The summed E-state index contributed by atoms with van der Waals surface area (Å²) in [4.78, 5) is 6.65. The minimum atomic E-state index is -3.19. The van der Waals surface area contributed by atoms with Crippen LogP contribution in [0, 0.1) is 6.92 Å². The van der Waals surface area contributed by atoms with E-state index >= 15 is 0 Å². The lowest BCUT2D eigenvalue weighted by Crippen LogP contribution is -2.36. The third kappa shape index (κ3) is 2.88. The van der Waals surface area contributed by atoms with E-state index in [4.69, 9.17) is 0 Å². The third-order valence-corrected chi connectivity index (χ3v) is 6.16. The lowest BCUT2D eigenvalue weighted by atomic mass is 10.3. The zero-order chi connectivity index (χ0) is 15.7. The number of fused-ring (bicyclic) bond motifs is 1. The molecule has 0 aromatic carbocycles. The predicted molar refractivity (Wildman–Crippen MR) is 86.2 cm³/mol. The number of nitrogens with one attached hydrogen (secondary N) is 1. The van der Waals surface area contributed by atoms with Crippen LogP contribution in [0.4, 0.5) is 0 Å². The standard InChI is InChI=1S/C15H22N4O2S/c1-3-17-22(20,21)14-6-8-18(11-14)10-13-9-16-15-12(2)5-4-7-19(13)15/h4-5,7,9,14,17H,3,6,8,10-11H2,1-2H3. The van der Waals surface area contributed by atoms with Crippen LogP contribution in [0.1, 0.15) is 24.6 Å². The highest BCUT2D eigenvalue weighted by atomic mass is 32.2. The van der Waals surface area contributed by atoms with Crippen LogP contribution in [0.25, 0.3) is 5.65 Å². The molecule has 1 N–H and O–H groups in total. The SMILES string of the molecule is CCNS(=O)(=O)C1CCN(Cc2cnc3c(C)cccn23)C1. The van der Waals surface area contributed by atoms with Gasteiger partial charge in [-0.2, -0.15) is 0 Å². The second-order valence-corrected chi connectivity index (χ2v) is 7.87. The minimum Gasteiger partial charge on any atom is -0.303 e. The van der Waals surface area contributed by atoms with Crippen LogP contribution in [0.5, 0.6) is 0 Å². The van der Waals surface area contributed by atoms with Crippen molar-refractivity contribution < 1.29 is 8.42 Å². The van der Waals surface area contributed by atoms with Crippen LogP contribution in [-0.2, 0) is 16.6 Å². The highest BCUT2D eigenvalue weighted by molar-refractivity contribution is 7.90. The van der Waals surface area contributed by atoms with E-state index in [0.717, 1.165) is 30.0 Å². The molecule has 120 valence electrons. The van der Waals surface area contributed by atoms with Gasteiger partial charge in [-0.05, 0) is 31.5 Å². The van der Waals surface area contributed by atoms with Crippen molar-refractivity contribution in [2.24, 2.45) is 0 Å². The Kier molecular flexibility index (Phi) is 4.20. The van der Waals surface area contributed by atoms with Gasteiger partial charge in [-0.25, -0.2) is 18.1 Å². The fraction of sp³-hybridized carbons (Fsp3) is 0.533. The molecule has 3 heterocycles. The maximum absolute atomic E-state index is 12.1. The molecule has 0 amide bonds. The van der Waals surface area contributed by atoms with Crippen molar-refractivity contribution in [3.05, 3.63) is 35.8 Å². The van der Waals surface area contributed by atoms with Gasteiger partial charge in [-0.1, -0.05) is 13.0 Å². The van der Waals surface area contributed by atoms with Crippen LogP contribution < -0.4 is 4.72 Å². The van der Waals surface area contributed by atoms with Crippen molar-refractivity contribution in [2.45, 2.75) is 32.1 Å². The van der Waals surface area contributed by atoms with E-state index in [1.165, 1.54) is 0 Å². The van der Waals surface area contributed by atoms with Gasteiger partial charge < -0.3 is 4.40 Å². The van der Waals surface area contributed by atoms with Gasteiger partial charge >= 0.3 is 0 Å². The first-order valence-corrected chi connectivity index (χ1v) is 9.18. The lowest BCUT2D eigenvalue weighted by Gasteiger charge is -2.16. The zero-order valence-electron chi connectivity index (χ0n) is 13.0. The van der Waals surface area contributed by atoms with Gasteiger partial charge in [0.05, 0.1) is 17.1 Å². The summed E-state index contributed by atoms with van der Waals surface area (Å²) in [6.45, 7) is 6.41. The number of aromatic nitrogens is 2. The molecule has 22 heavy (non-hydrogen) atoms. The van der Waals surface area contributed by atoms with Gasteiger partial charge in [0.25, 0.3) is 0 Å². The maximum atomic E-state index is 12.1. The maximum Gasteiger partial charge on any atom is 0.215 e. The largest absolute Gasteiger partial charge is 0.303 e. The average Bonchev–Trinajstić information content (AvgIpc) is 3.08. The number of imidazole rings is 1. The number of pyridine rings is 1. The number of sulfonamides is 1. The first-order valence-electron chi connectivity index (χ1n) is 7.63. The molecule has 0 radical (unpaired) electrons. The Balaban J connectivity index is 1.73. The van der Waals surface area contributed by atoms with Gasteiger partial charge in [0.2, 0.25) is 10.0 Å². The molecule has 1 aliphatic heterocycles. The normalized spacial score (nSPS) is 20.0. The van der Waals surface area contributed by atoms with E-state index in [2.05, 4.69) is 19.0 Å². The van der Waals surface area contributed by atoms with E-state index in [1.807, 2.05) is 38.4 Å². The van der Waals surface area contributed by atoms with E-state index in [-0.39, 0.29) is 5.25 Å². The smallest absolute Gasteiger partial charge is 0.215 e. The highest BCUT2D eigenvalue weighted by Crippen LogP contribution is 2.19. The molecule has 7 heteroatoms. The molecule has 2 aromatic rings. The van der Waals surface area contributed by atoms with Crippen LogP contribution >= 0.6 is 0 Å². The summed E-state index contributed by atoms with van der Waals surface area (Å²) in [7, 11) is -3.19. The summed E-state index contributed by atoms with van der Waals surface area (Å²) in [6, 6.07) is 4.05. The van der Waals surface area contributed by atoms with Crippen molar-refractivity contribution in [3.63, 3.8) is 0 Å². The summed E-state index contributed by atoms with van der Waals surface area (Å²) in [5.41, 5.74) is 3.21. The number of aryl methyl sites for hydroxylation is 1. The number of rotatable bonds is 5. The second kappa shape index (κ2) is 5.98. The monoisotopic (exact) mass is 322 g/mol. The quantitative estimate of drug-likeness (QED) is 0.897. The Labute approximate surface area is 131 Å². The Hall–Kier alpha value is -1.44. The van der Waals surface area contributed by atoms with Crippen LogP contribution in [0.2, 0.25) is 0 Å². The first kappa shape index (κ1) is 15.5. The minimum absolute atomic E-state index is 0.312. The van der Waals surface area contributed by atoms with Crippen LogP contribution in [0.15, 0.2) is 24.5 Å². The average molecular weight is 322 g/mol. The molecule has 0 aliphatic carbocycles. The molecule has 0 spiro atoms. The molecule has 1 saturated heterocycles. The Bertz CT molecular complexity index is 769. The zero-order valence-corrected chi connectivity index (χ0v) is 13.8. The Morgan fingerprint density at radius 3 is 3.05 bits per heavy atom. The van der Waals surface area contributed by atoms with E-state index in [9.17, 15) is 8.42 Å². The summed E-state index contributed by atoms with van der Waals surface area (Å²) in [5.74, 6) is 0. The molecule has 1 atom stereocenters. The van der Waals surface area contributed by atoms with Gasteiger partial charge in [0.1, 0.15) is 5.65 Å². The van der Waals surface area contributed by atoms with Gasteiger partial charge in [-0.15, -0.1) is 0 Å². The predicted octanol–water partition coefficient (Wildman–Crippen LogP) is 1.16. The van der Waals surface area contributed by atoms with Gasteiger partial charge in [-0.3, -0.25) is 4.90 Å². The summed E-state index contributed by atoms with van der Waals surface area (Å²) >= 11 is 0. The Morgan fingerprint density at radius 1 is 1.45 bits per heavy atom. The van der Waals surface area contributed by atoms with Gasteiger partial charge in [0, 0.05) is 25.8 Å². The summed E-state index contributed by atoms with van der Waals surface area (Å²) in [5, 5.41) is -0.312. The topological polar surface area (TPSA) is 66.7 Å². The molecule has 1 unspecified atom stereocenters. The van der Waals surface area contributed by atoms with Crippen molar-refractivity contribution in [1.29, 1.82) is 0 Å². The highest BCUT2D eigenvalue weighted by Gasteiger charge is 2.32. The molecule has 3 rings (SSSR count). The van der Waals surface area contributed by atoms with Gasteiger partial charge in [0.15, 0.2) is 0 Å². The molecule has 1 aliphatic rings. The lowest BCUT2D eigenvalue weighted by molar-refractivity contribution is 0.326. The van der Waals surface area contributed by atoms with Crippen LogP contribution in [-0.4, -0.2) is 47.6 Å².